The smallest absolute Gasteiger partial charge is 0.279 e. The first kappa shape index (κ1) is 23.0. The lowest BCUT2D eigenvalue weighted by molar-refractivity contribution is -0.394. The zero-order chi connectivity index (χ0) is 23.1. The zero-order valence-corrected chi connectivity index (χ0v) is 17.1. The van der Waals surface area contributed by atoms with Crippen molar-refractivity contribution in [1.29, 1.82) is 0 Å². The van der Waals surface area contributed by atoms with Crippen LogP contribution in [0.15, 0.2) is 48.2 Å². The number of nitro groups is 2. The van der Waals surface area contributed by atoms with E-state index in [-0.39, 0.29) is 12.0 Å². The predicted octanol–water partition coefficient (Wildman–Crippen LogP) is 2.83. The Hall–Kier alpha value is -4.28. The molecule has 0 aliphatic carbocycles. The summed E-state index contributed by atoms with van der Waals surface area (Å²) in [7, 11) is 0. The molecule has 0 heterocycles. The normalized spacial score (nSPS) is 10.9. The molecule has 0 aliphatic rings. The Labute approximate surface area is 177 Å². The molecule has 0 aliphatic heterocycles. The summed E-state index contributed by atoms with van der Waals surface area (Å²) in [4.78, 5) is 44.6. The maximum Gasteiger partial charge on any atom is 0.279 e. The Bertz CT molecular complexity index is 1060. The second-order valence-corrected chi connectivity index (χ2v) is 6.87. The molecule has 2 amide bonds. The number of hydrogen-bond donors (Lipinski definition) is 3. The molecular weight excluding hydrogens is 406 g/mol. The number of hydrogen-bond acceptors (Lipinski definition) is 7. The molecule has 2 aromatic carbocycles. The summed E-state index contributed by atoms with van der Waals surface area (Å²) in [5.74, 6) is -1.03. The van der Waals surface area contributed by atoms with E-state index in [0.29, 0.717) is 11.4 Å². The molecule has 3 N–H and O–H groups in total. The van der Waals surface area contributed by atoms with Crippen LogP contribution in [0.25, 0.3) is 0 Å². The van der Waals surface area contributed by atoms with E-state index in [0.717, 1.165) is 29.3 Å². The maximum absolute atomic E-state index is 12.1. The van der Waals surface area contributed by atoms with Gasteiger partial charge in [-0.15, -0.1) is 0 Å². The number of nitrogens with zero attached hydrogens (tertiary/aromatic N) is 2. The van der Waals surface area contributed by atoms with Gasteiger partial charge in [0.15, 0.2) is 0 Å². The largest absolute Gasteiger partial charge is 0.322 e. The van der Waals surface area contributed by atoms with Crippen LogP contribution in [0.5, 0.6) is 0 Å². The number of carbonyl (C=O) groups is 2. The molecule has 0 radical (unpaired) electrons. The van der Waals surface area contributed by atoms with Crippen molar-refractivity contribution in [3.05, 3.63) is 85.1 Å². The number of nitro benzene ring substituents is 2. The van der Waals surface area contributed by atoms with Gasteiger partial charge in [0.2, 0.25) is 11.8 Å². The lowest BCUT2D eigenvalue weighted by atomic mass is 10.1. The average Bonchev–Trinajstić information content (AvgIpc) is 2.65. The van der Waals surface area contributed by atoms with Gasteiger partial charge in [0, 0.05) is 29.1 Å². The topological polar surface area (TPSA) is 157 Å². The van der Waals surface area contributed by atoms with Crippen LogP contribution in [0.2, 0.25) is 0 Å². The Morgan fingerprint density at radius 3 is 2.19 bits per heavy atom. The third kappa shape index (κ3) is 6.92. The van der Waals surface area contributed by atoms with Crippen molar-refractivity contribution in [1.82, 2.24) is 10.9 Å². The van der Waals surface area contributed by atoms with Gasteiger partial charge in [0.1, 0.15) is 0 Å². The first-order valence-corrected chi connectivity index (χ1v) is 9.09. The molecule has 11 heteroatoms. The second-order valence-electron chi connectivity index (χ2n) is 6.87. The van der Waals surface area contributed by atoms with Gasteiger partial charge >= 0.3 is 0 Å². The molecule has 0 unspecified atom stereocenters. The Balaban J connectivity index is 1.96. The van der Waals surface area contributed by atoms with E-state index < -0.39 is 33.0 Å². The molecule has 31 heavy (non-hydrogen) atoms. The van der Waals surface area contributed by atoms with E-state index in [2.05, 4.69) is 16.2 Å². The predicted molar refractivity (Wildman–Crippen MR) is 113 cm³/mol. The van der Waals surface area contributed by atoms with Crippen LogP contribution in [0.4, 0.5) is 17.1 Å². The van der Waals surface area contributed by atoms with Crippen LogP contribution in [0.3, 0.4) is 0 Å². The number of benzene rings is 2. The molecule has 0 atom stereocenters. The molecule has 0 fully saturated rings. The summed E-state index contributed by atoms with van der Waals surface area (Å²) in [5.41, 5.74) is 6.89. The molecule has 0 aromatic heterocycles. The van der Waals surface area contributed by atoms with E-state index in [1.807, 2.05) is 32.0 Å². The fourth-order valence-electron chi connectivity index (χ4n) is 2.83. The van der Waals surface area contributed by atoms with Crippen LogP contribution >= 0.6 is 0 Å². The Morgan fingerprint density at radius 1 is 0.968 bits per heavy atom. The maximum atomic E-state index is 12.1. The van der Waals surface area contributed by atoms with Gasteiger partial charge < -0.3 is 10.7 Å². The number of amides is 2. The molecule has 2 aromatic rings. The van der Waals surface area contributed by atoms with Crippen LogP contribution < -0.4 is 16.2 Å². The summed E-state index contributed by atoms with van der Waals surface area (Å²) in [6.07, 6.45) is 0.857. The highest BCUT2D eigenvalue weighted by Gasteiger charge is 2.21. The van der Waals surface area contributed by atoms with Gasteiger partial charge in [-0.2, -0.15) is 0 Å². The minimum atomic E-state index is -0.786. The summed E-state index contributed by atoms with van der Waals surface area (Å²) in [6.45, 7) is 5.38. The van der Waals surface area contributed by atoms with Gasteiger partial charge in [0.25, 0.3) is 11.4 Å². The summed E-state index contributed by atoms with van der Waals surface area (Å²) < 4.78 is 0. The first-order valence-electron chi connectivity index (χ1n) is 9.09. The van der Waals surface area contributed by atoms with E-state index >= 15 is 0 Å². The Kier molecular flexibility index (Phi) is 7.39. The van der Waals surface area contributed by atoms with Gasteiger partial charge in [-0.3, -0.25) is 35.2 Å². The van der Waals surface area contributed by atoms with E-state index in [1.54, 1.807) is 6.92 Å². The highest BCUT2D eigenvalue weighted by molar-refractivity contribution is 5.99. The standard InChI is InChI=1S/C20H21N5O6/c1-12-6-13(2)8-16(7-12)21-19(26)9-14(3)22-23-20(27)10-15-4-5-17(24(28)29)11-18(15)25(30)31/h4-9,11,22H,10H2,1-3H3,(H,21,26)(H,23,27)/b14-9+. The number of aryl methyl sites for hydroxylation is 2. The SMILES string of the molecule is C/C(=C\C(=O)Nc1cc(C)cc(C)c1)NNC(=O)Cc1ccc([N+](=O)[O-])cc1[N+](=O)[O-]. The number of hydrazine groups is 1. The third-order valence-electron chi connectivity index (χ3n) is 4.06. The summed E-state index contributed by atoms with van der Waals surface area (Å²) in [5, 5.41) is 24.6. The number of carbonyl (C=O) groups excluding carboxylic acids is 2. The monoisotopic (exact) mass is 427 g/mol. The minimum Gasteiger partial charge on any atom is -0.322 e. The van der Waals surface area contributed by atoms with Crippen molar-refractivity contribution in [2.45, 2.75) is 27.2 Å². The molecule has 0 saturated heterocycles. The van der Waals surface area contributed by atoms with Crippen LogP contribution in [0.1, 0.15) is 23.6 Å². The van der Waals surface area contributed by atoms with E-state index in [1.165, 1.54) is 6.08 Å². The van der Waals surface area contributed by atoms with Crippen molar-refractivity contribution in [2.24, 2.45) is 0 Å². The fourth-order valence-corrected chi connectivity index (χ4v) is 2.83. The number of non-ortho nitro benzene ring substituents is 1. The molecule has 0 spiro atoms. The lowest BCUT2D eigenvalue weighted by Crippen LogP contribution is -2.37. The molecule has 0 saturated carbocycles. The van der Waals surface area contributed by atoms with Gasteiger partial charge in [-0.1, -0.05) is 6.07 Å². The number of allylic oxidation sites excluding steroid dienone is 1. The number of rotatable bonds is 8. The van der Waals surface area contributed by atoms with Crippen molar-refractivity contribution in [3.8, 4) is 0 Å². The average molecular weight is 427 g/mol. The second kappa shape index (κ2) is 9.96. The summed E-state index contributed by atoms with van der Waals surface area (Å²) >= 11 is 0. The van der Waals surface area contributed by atoms with Crippen molar-refractivity contribution >= 4 is 28.9 Å². The first-order chi connectivity index (χ1) is 14.5. The molecule has 162 valence electrons. The number of anilines is 1. The van der Waals surface area contributed by atoms with Gasteiger partial charge in [-0.25, -0.2) is 0 Å². The highest BCUT2D eigenvalue weighted by atomic mass is 16.6. The minimum absolute atomic E-state index is 0.0177. The molecule has 0 bridgehead atoms. The molecule has 2 rings (SSSR count). The quantitative estimate of drug-likeness (QED) is 0.332. The highest BCUT2D eigenvalue weighted by Crippen LogP contribution is 2.25. The molecular formula is C20H21N5O6. The van der Waals surface area contributed by atoms with Gasteiger partial charge in [-0.05, 0) is 50.1 Å². The van der Waals surface area contributed by atoms with Crippen LogP contribution in [-0.4, -0.2) is 21.7 Å². The zero-order valence-electron chi connectivity index (χ0n) is 17.1. The van der Waals surface area contributed by atoms with Crippen LogP contribution in [-0.2, 0) is 16.0 Å². The van der Waals surface area contributed by atoms with E-state index in [9.17, 15) is 29.8 Å². The van der Waals surface area contributed by atoms with E-state index in [4.69, 9.17) is 0 Å². The number of nitrogens with one attached hydrogen (secondary N) is 3. The van der Waals surface area contributed by atoms with Crippen molar-refractivity contribution in [2.75, 3.05) is 5.32 Å². The van der Waals surface area contributed by atoms with Gasteiger partial charge in [0.05, 0.1) is 22.3 Å². The van der Waals surface area contributed by atoms with Crippen molar-refractivity contribution < 1.29 is 19.4 Å². The summed E-state index contributed by atoms with van der Waals surface area (Å²) in [6, 6.07) is 8.67. The van der Waals surface area contributed by atoms with Crippen LogP contribution in [0, 0.1) is 34.1 Å². The third-order valence-corrected chi connectivity index (χ3v) is 4.06. The van der Waals surface area contributed by atoms with Crippen molar-refractivity contribution in [3.63, 3.8) is 0 Å². The fraction of sp³-hybridized carbons (Fsp3) is 0.200. The lowest BCUT2D eigenvalue weighted by Gasteiger charge is -2.10. The Morgan fingerprint density at radius 2 is 1.61 bits per heavy atom. The molecule has 11 nitrogen and oxygen atoms in total.